The number of pyridine rings is 1. The number of nitrogens with two attached hydrogens (primary N) is 1. The van der Waals surface area contributed by atoms with Crippen LogP contribution in [0.2, 0.25) is 18.1 Å². The molecular formula is C14H22N2OSi. The van der Waals surface area contributed by atoms with Crippen LogP contribution in [0.4, 0.5) is 5.82 Å². The molecule has 4 heteroatoms. The first-order chi connectivity index (χ1) is 8.22. The van der Waals surface area contributed by atoms with E-state index in [0.717, 1.165) is 0 Å². The quantitative estimate of drug-likeness (QED) is 0.658. The van der Waals surface area contributed by atoms with E-state index in [9.17, 15) is 0 Å². The molecule has 0 aliphatic rings. The molecular weight excluding hydrogens is 240 g/mol. The van der Waals surface area contributed by atoms with Gasteiger partial charge in [-0.25, -0.2) is 4.98 Å². The van der Waals surface area contributed by atoms with E-state index in [-0.39, 0.29) is 5.04 Å². The van der Waals surface area contributed by atoms with E-state index in [4.69, 9.17) is 10.2 Å². The number of hydrogen-bond acceptors (Lipinski definition) is 3. The normalized spacial score (nSPS) is 11.8. The minimum absolute atomic E-state index is 0.212. The maximum atomic E-state index is 5.95. The smallest absolute Gasteiger partial charge is 0.193 e. The number of rotatable bonds is 2. The van der Waals surface area contributed by atoms with E-state index in [0.29, 0.717) is 18.1 Å². The number of aromatic nitrogens is 1. The fourth-order valence-electron chi connectivity index (χ4n) is 1.08. The minimum atomic E-state index is -1.70. The molecule has 0 fully saturated rings. The van der Waals surface area contributed by atoms with Gasteiger partial charge in [-0.3, -0.25) is 0 Å². The third kappa shape index (κ3) is 4.17. The van der Waals surface area contributed by atoms with Gasteiger partial charge in [0, 0.05) is 0 Å². The van der Waals surface area contributed by atoms with Gasteiger partial charge in [-0.1, -0.05) is 32.8 Å². The van der Waals surface area contributed by atoms with Crippen LogP contribution in [-0.4, -0.2) is 19.9 Å². The summed E-state index contributed by atoms with van der Waals surface area (Å²) in [5.41, 5.74) is 6.27. The fourth-order valence-corrected chi connectivity index (χ4v) is 1.95. The summed E-state index contributed by atoms with van der Waals surface area (Å²) in [6, 6.07) is 5.44. The number of nitrogen functional groups attached to an aromatic ring is 1. The summed E-state index contributed by atoms with van der Waals surface area (Å²) in [7, 11) is -1.70. The Morgan fingerprint density at radius 2 is 2.00 bits per heavy atom. The van der Waals surface area contributed by atoms with Crippen molar-refractivity contribution in [3.8, 4) is 11.8 Å². The van der Waals surface area contributed by atoms with Gasteiger partial charge in [0.25, 0.3) is 0 Å². The van der Waals surface area contributed by atoms with Gasteiger partial charge in [0.1, 0.15) is 11.5 Å². The first-order valence-corrected chi connectivity index (χ1v) is 8.98. The van der Waals surface area contributed by atoms with Gasteiger partial charge in [0.15, 0.2) is 8.32 Å². The van der Waals surface area contributed by atoms with Crippen LogP contribution in [0, 0.1) is 11.8 Å². The van der Waals surface area contributed by atoms with Crippen molar-refractivity contribution in [1.82, 2.24) is 4.98 Å². The lowest BCUT2D eigenvalue weighted by Gasteiger charge is -2.35. The van der Waals surface area contributed by atoms with Crippen LogP contribution >= 0.6 is 0 Å². The van der Waals surface area contributed by atoms with Crippen molar-refractivity contribution >= 4 is 14.1 Å². The van der Waals surface area contributed by atoms with E-state index in [2.05, 4.69) is 50.7 Å². The van der Waals surface area contributed by atoms with Gasteiger partial charge in [0.05, 0.1) is 6.61 Å². The van der Waals surface area contributed by atoms with E-state index >= 15 is 0 Å². The molecule has 98 valence electrons. The molecule has 0 saturated carbocycles. The van der Waals surface area contributed by atoms with Gasteiger partial charge in [-0.15, -0.1) is 0 Å². The molecule has 0 aliphatic carbocycles. The Morgan fingerprint density at radius 3 is 2.56 bits per heavy atom. The van der Waals surface area contributed by atoms with Crippen LogP contribution in [0.25, 0.3) is 0 Å². The summed E-state index contributed by atoms with van der Waals surface area (Å²) in [6.45, 7) is 11.5. The molecule has 0 aliphatic heterocycles. The lowest BCUT2D eigenvalue weighted by molar-refractivity contribution is 0.334. The predicted molar refractivity (Wildman–Crippen MR) is 78.7 cm³/mol. The summed E-state index contributed by atoms with van der Waals surface area (Å²) in [5.74, 6) is 6.46. The highest BCUT2D eigenvalue weighted by atomic mass is 28.4. The van der Waals surface area contributed by atoms with E-state index < -0.39 is 8.32 Å². The summed E-state index contributed by atoms with van der Waals surface area (Å²) in [5, 5.41) is 0.212. The summed E-state index contributed by atoms with van der Waals surface area (Å²) in [6.07, 6.45) is 0. The van der Waals surface area contributed by atoms with Crippen molar-refractivity contribution in [2.45, 2.75) is 38.9 Å². The van der Waals surface area contributed by atoms with Crippen LogP contribution in [0.1, 0.15) is 26.5 Å². The maximum Gasteiger partial charge on any atom is 0.193 e. The van der Waals surface area contributed by atoms with Crippen molar-refractivity contribution in [3.05, 3.63) is 23.9 Å². The van der Waals surface area contributed by atoms with Crippen LogP contribution in [0.15, 0.2) is 18.2 Å². The van der Waals surface area contributed by atoms with Crippen molar-refractivity contribution in [2.75, 3.05) is 12.3 Å². The van der Waals surface area contributed by atoms with Crippen molar-refractivity contribution in [2.24, 2.45) is 0 Å². The molecule has 2 N–H and O–H groups in total. The van der Waals surface area contributed by atoms with Crippen LogP contribution in [0.5, 0.6) is 0 Å². The molecule has 0 amide bonds. The van der Waals surface area contributed by atoms with Gasteiger partial charge >= 0.3 is 0 Å². The van der Waals surface area contributed by atoms with Crippen LogP contribution in [0.3, 0.4) is 0 Å². The summed E-state index contributed by atoms with van der Waals surface area (Å²) >= 11 is 0. The predicted octanol–water partition coefficient (Wildman–Crippen LogP) is 3.04. The zero-order valence-electron chi connectivity index (χ0n) is 11.9. The Labute approximate surface area is 111 Å². The Kier molecular flexibility index (Phi) is 4.55. The minimum Gasteiger partial charge on any atom is -0.406 e. The van der Waals surface area contributed by atoms with Gasteiger partial charge in [-0.2, -0.15) is 0 Å². The lowest BCUT2D eigenvalue weighted by atomic mass is 10.2. The van der Waals surface area contributed by atoms with Crippen molar-refractivity contribution < 1.29 is 4.43 Å². The second-order valence-electron chi connectivity index (χ2n) is 5.80. The molecule has 3 nitrogen and oxygen atoms in total. The van der Waals surface area contributed by atoms with E-state index in [1.54, 1.807) is 6.07 Å². The molecule has 0 bridgehead atoms. The van der Waals surface area contributed by atoms with Gasteiger partial charge in [0.2, 0.25) is 0 Å². The largest absolute Gasteiger partial charge is 0.406 e. The number of nitrogens with zero attached hydrogens (tertiary/aromatic N) is 1. The molecule has 1 aromatic heterocycles. The average Bonchev–Trinajstić information content (AvgIpc) is 2.23. The van der Waals surface area contributed by atoms with Crippen molar-refractivity contribution in [3.63, 3.8) is 0 Å². The summed E-state index contributed by atoms with van der Waals surface area (Å²) < 4.78 is 5.95. The van der Waals surface area contributed by atoms with Crippen LogP contribution in [-0.2, 0) is 4.43 Å². The third-order valence-corrected chi connectivity index (χ3v) is 7.78. The zero-order chi connectivity index (χ0) is 13.8. The molecule has 1 rings (SSSR count). The lowest BCUT2D eigenvalue weighted by Crippen LogP contribution is -2.40. The molecule has 0 radical (unpaired) electrons. The molecule has 0 saturated heterocycles. The zero-order valence-corrected chi connectivity index (χ0v) is 12.9. The molecule has 18 heavy (non-hydrogen) atoms. The fraction of sp³-hybridized carbons (Fsp3) is 0.500. The Bertz CT molecular complexity index is 467. The van der Waals surface area contributed by atoms with Crippen molar-refractivity contribution in [1.29, 1.82) is 0 Å². The summed E-state index contributed by atoms with van der Waals surface area (Å²) in [4.78, 5) is 4.12. The van der Waals surface area contributed by atoms with Crippen LogP contribution < -0.4 is 5.73 Å². The molecule has 0 aromatic carbocycles. The SMILES string of the molecule is CC(C)(C)[Si](C)(C)OCC#Cc1cccc(N)n1. The monoisotopic (exact) mass is 262 g/mol. The molecule has 1 aromatic rings. The van der Waals surface area contributed by atoms with Gasteiger partial charge < -0.3 is 10.2 Å². The number of anilines is 1. The molecule has 1 heterocycles. The first kappa shape index (κ1) is 14.7. The topological polar surface area (TPSA) is 48.1 Å². The molecule has 0 atom stereocenters. The Hall–Kier alpha value is -1.31. The highest BCUT2D eigenvalue weighted by Crippen LogP contribution is 2.36. The highest BCUT2D eigenvalue weighted by Gasteiger charge is 2.36. The van der Waals surface area contributed by atoms with E-state index in [1.807, 2.05) is 12.1 Å². The average molecular weight is 262 g/mol. The second-order valence-corrected chi connectivity index (χ2v) is 10.6. The molecule has 0 spiro atoms. The van der Waals surface area contributed by atoms with E-state index in [1.165, 1.54) is 0 Å². The number of hydrogen-bond donors (Lipinski definition) is 1. The van der Waals surface area contributed by atoms with Gasteiger partial charge in [-0.05, 0) is 36.2 Å². The Morgan fingerprint density at radius 1 is 1.33 bits per heavy atom. The first-order valence-electron chi connectivity index (χ1n) is 6.08. The second kappa shape index (κ2) is 5.55. The standard InChI is InChI=1S/C14H22N2OSi/c1-14(2,3)18(4,5)17-11-7-9-12-8-6-10-13(15)16-12/h6,8,10H,11H2,1-5H3,(H2,15,16). The highest BCUT2D eigenvalue weighted by molar-refractivity contribution is 6.74. The Balaban J connectivity index is 2.58. The third-order valence-electron chi connectivity index (χ3n) is 3.30. The maximum absolute atomic E-state index is 5.95. The molecule has 0 unspecified atom stereocenters.